The van der Waals surface area contributed by atoms with Crippen LogP contribution in [0.1, 0.15) is 5.56 Å². The molecule has 0 atom stereocenters. The summed E-state index contributed by atoms with van der Waals surface area (Å²) >= 11 is 0. The summed E-state index contributed by atoms with van der Waals surface area (Å²) in [5.41, 5.74) is 1.25. The maximum atomic E-state index is 15.8. The van der Waals surface area contributed by atoms with E-state index in [1.165, 1.54) is 0 Å². The Labute approximate surface area is 192 Å². The zero-order valence-corrected chi connectivity index (χ0v) is 19.2. The van der Waals surface area contributed by atoms with Gasteiger partial charge in [-0.2, -0.15) is 8.42 Å². The first-order chi connectivity index (χ1) is 15.7. The van der Waals surface area contributed by atoms with Gasteiger partial charge >= 0.3 is 10.2 Å². The number of hydrogen-bond acceptors (Lipinski definition) is 6. The van der Waals surface area contributed by atoms with Crippen LogP contribution >= 0.6 is 0 Å². The molecule has 1 aliphatic rings. The van der Waals surface area contributed by atoms with Crippen molar-refractivity contribution < 1.29 is 22.3 Å². The van der Waals surface area contributed by atoms with Gasteiger partial charge < -0.3 is 15.0 Å². The minimum Gasteiger partial charge on any atom is -0.487 e. The highest BCUT2D eigenvalue weighted by Crippen LogP contribution is 2.40. The summed E-state index contributed by atoms with van der Waals surface area (Å²) in [6.07, 6.45) is 0. The predicted molar refractivity (Wildman–Crippen MR) is 126 cm³/mol. The van der Waals surface area contributed by atoms with Crippen LogP contribution in [0.25, 0.3) is 10.8 Å². The van der Waals surface area contributed by atoms with Crippen LogP contribution in [0.2, 0.25) is 0 Å². The number of amides is 1. The van der Waals surface area contributed by atoms with Gasteiger partial charge in [0.2, 0.25) is 0 Å². The van der Waals surface area contributed by atoms with Crippen molar-refractivity contribution in [1.29, 1.82) is 0 Å². The van der Waals surface area contributed by atoms with E-state index in [9.17, 15) is 13.2 Å². The first-order valence-corrected chi connectivity index (χ1v) is 11.8. The summed E-state index contributed by atoms with van der Waals surface area (Å²) in [5, 5.41) is 4.00. The number of ether oxygens (including phenoxy) is 1. The highest BCUT2D eigenvalue weighted by molar-refractivity contribution is 7.92. The highest BCUT2D eigenvalue weighted by atomic mass is 32.2. The van der Waals surface area contributed by atoms with Crippen LogP contribution in [0.4, 0.5) is 15.8 Å². The minimum atomic E-state index is -4.23. The molecule has 0 bridgehead atoms. The molecule has 3 aromatic rings. The number of rotatable bonds is 8. The average Bonchev–Trinajstić information content (AvgIpc) is 3.04. The molecule has 33 heavy (non-hydrogen) atoms. The van der Waals surface area contributed by atoms with E-state index in [0.717, 1.165) is 16.4 Å². The van der Waals surface area contributed by atoms with Gasteiger partial charge in [0, 0.05) is 24.2 Å². The quantitative estimate of drug-likeness (QED) is 0.524. The van der Waals surface area contributed by atoms with Gasteiger partial charge in [-0.25, -0.2) is 13.4 Å². The number of nitrogens with zero attached hydrogens (tertiary/aromatic N) is 2. The number of hydrogen-bond donors (Lipinski definition) is 2. The van der Waals surface area contributed by atoms with Crippen LogP contribution in [0.15, 0.2) is 54.6 Å². The van der Waals surface area contributed by atoms with Crippen LogP contribution in [0.5, 0.6) is 5.75 Å². The SMILES string of the molecule is CN(C)CCNc1ccc2cc(OCc3ccccc3)c(N3CC(=O)NS3(=O)=O)c(F)c2c1. The van der Waals surface area contributed by atoms with Crippen LogP contribution in [-0.4, -0.2) is 53.0 Å². The van der Waals surface area contributed by atoms with Crippen molar-refractivity contribution in [2.75, 3.05) is 43.4 Å². The lowest BCUT2D eigenvalue weighted by molar-refractivity contribution is -0.117. The largest absolute Gasteiger partial charge is 0.487 e. The molecular weight excluding hydrogens is 447 g/mol. The summed E-state index contributed by atoms with van der Waals surface area (Å²) in [7, 11) is -0.317. The van der Waals surface area contributed by atoms with Gasteiger partial charge in [-0.15, -0.1) is 0 Å². The highest BCUT2D eigenvalue weighted by Gasteiger charge is 2.38. The zero-order chi connectivity index (χ0) is 23.6. The lowest BCUT2D eigenvalue weighted by Gasteiger charge is -2.21. The summed E-state index contributed by atoms with van der Waals surface area (Å²) in [5.74, 6) is -1.47. The summed E-state index contributed by atoms with van der Waals surface area (Å²) < 4.78 is 49.4. The molecule has 0 saturated carbocycles. The molecule has 8 nitrogen and oxygen atoms in total. The van der Waals surface area contributed by atoms with E-state index in [2.05, 4.69) is 5.32 Å². The van der Waals surface area contributed by atoms with E-state index in [-0.39, 0.29) is 23.4 Å². The Hall–Kier alpha value is -3.37. The van der Waals surface area contributed by atoms with Gasteiger partial charge in [0.15, 0.2) is 5.82 Å². The fourth-order valence-corrected chi connectivity index (χ4v) is 4.74. The first-order valence-electron chi connectivity index (χ1n) is 10.4. The molecular formula is C23H25FN4O4S. The molecule has 1 aliphatic heterocycles. The molecule has 4 rings (SSSR count). The number of carbonyl (C=O) groups excluding carboxylic acids is 1. The molecule has 3 aromatic carbocycles. The Kier molecular flexibility index (Phi) is 6.39. The molecule has 0 radical (unpaired) electrons. The van der Waals surface area contributed by atoms with Crippen molar-refractivity contribution in [3.8, 4) is 5.75 Å². The molecule has 174 valence electrons. The lowest BCUT2D eigenvalue weighted by Crippen LogP contribution is -2.30. The molecule has 10 heteroatoms. The second kappa shape index (κ2) is 9.24. The number of fused-ring (bicyclic) bond motifs is 1. The van der Waals surface area contributed by atoms with Gasteiger partial charge in [-0.05, 0) is 43.2 Å². The van der Waals surface area contributed by atoms with E-state index >= 15 is 4.39 Å². The summed E-state index contributed by atoms with van der Waals surface area (Å²) in [6.45, 7) is 1.04. The number of carbonyl (C=O) groups is 1. The molecule has 0 aliphatic carbocycles. The molecule has 1 saturated heterocycles. The van der Waals surface area contributed by atoms with Crippen LogP contribution in [0, 0.1) is 5.82 Å². The van der Waals surface area contributed by atoms with Crippen molar-refractivity contribution in [2.45, 2.75) is 6.61 Å². The van der Waals surface area contributed by atoms with Gasteiger partial charge in [-0.1, -0.05) is 36.4 Å². The minimum absolute atomic E-state index is 0.0391. The van der Waals surface area contributed by atoms with Crippen molar-refractivity contribution >= 4 is 38.3 Å². The third-order valence-electron chi connectivity index (χ3n) is 5.21. The van der Waals surface area contributed by atoms with Crippen molar-refractivity contribution in [2.24, 2.45) is 0 Å². The monoisotopic (exact) mass is 472 g/mol. The Morgan fingerprint density at radius 1 is 1.15 bits per heavy atom. The standard InChI is InChI=1S/C23H25FN4O4S/c1-27(2)11-10-25-18-9-8-17-12-20(32-15-16-6-4-3-5-7-16)23(22(24)19(17)13-18)28-14-21(29)26-33(28,30)31/h3-9,12-13,25H,10-11,14-15H2,1-2H3,(H,26,29). The van der Waals surface area contributed by atoms with Gasteiger partial charge in [0.25, 0.3) is 5.91 Å². The van der Waals surface area contributed by atoms with Crippen LogP contribution < -0.4 is 19.1 Å². The average molecular weight is 473 g/mol. The molecule has 2 N–H and O–H groups in total. The lowest BCUT2D eigenvalue weighted by atomic mass is 10.1. The molecule has 1 fully saturated rings. The zero-order valence-electron chi connectivity index (χ0n) is 18.3. The summed E-state index contributed by atoms with van der Waals surface area (Å²) in [4.78, 5) is 13.8. The summed E-state index contributed by atoms with van der Waals surface area (Å²) in [6, 6.07) is 16.1. The normalized spacial score (nSPS) is 15.2. The predicted octanol–water partition coefficient (Wildman–Crippen LogP) is 2.71. The Balaban J connectivity index is 1.76. The van der Waals surface area contributed by atoms with Gasteiger partial charge in [0.05, 0.1) is 0 Å². The topological polar surface area (TPSA) is 91.0 Å². The maximum Gasteiger partial charge on any atom is 0.326 e. The first kappa shape index (κ1) is 22.8. The maximum absolute atomic E-state index is 15.8. The van der Waals surface area contributed by atoms with Gasteiger partial charge in [-0.3, -0.25) is 4.79 Å². The van der Waals surface area contributed by atoms with E-state index < -0.39 is 28.5 Å². The molecule has 0 aromatic heterocycles. The van der Waals surface area contributed by atoms with Crippen molar-refractivity contribution in [3.63, 3.8) is 0 Å². The molecule has 1 amide bonds. The van der Waals surface area contributed by atoms with Crippen molar-refractivity contribution in [3.05, 3.63) is 66.0 Å². The number of benzene rings is 3. The Morgan fingerprint density at radius 3 is 2.58 bits per heavy atom. The van der Waals surface area contributed by atoms with E-state index in [1.807, 2.05) is 60.1 Å². The molecule has 0 spiro atoms. The van der Waals surface area contributed by atoms with Crippen LogP contribution in [0.3, 0.4) is 0 Å². The van der Waals surface area contributed by atoms with Crippen molar-refractivity contribution in [1.82, 2.24) is 9.62 Å². The molecule has 1 heterocycles. The van der Waals surface area contributed by atoms with E-state index in [4.69, 9.17) is 4.74 Å². The molecule has 0 unspecified atom stereocenters. The van der Waals surface area contributed by atoms with Gasteiger partial charge in [0.1, 0.15) is 24.6 Å². The van der Waals surface area contributed by atoms with E-state index in [0.29, 0.717) is 17.6 Å². The van der Waals surface area contributed by atoms with E-state index in [1.54, 1.807) is 18.2 Å². The fraction of sp³-hybridized carbons (Fsp3) is 0.261. The third-order valence-corrected chi connectivity index (χ3v) is 6.59. The fourth-order valence-electron chi connectivity index (χ4n) is 3.57. The Morgan fingerprint density at radius 2 is 1.91 bits per heavy atom. The smallest absolute Gasteiger partial charge is 0.326 e. The number of anilines is 2. The number of halogens is 1. The second-order valence-electron chi connectivity index (χ2n) is 8.01. The number of nitrogens with one attached hydrogen (secondary N) is 2. The Bertz CT molecular complexity index is 1280. The second-order valence-corrected chi connectivity index (χ2v) is 9.61. The number of likely N-dealkylation sites (N-methyl/N-ethyl adjacent to an activating group) is 1. The third kappa shape index (κ3) is 5.01. The van der Waals surface area contributed by atoms with Crippen LogP contribution in [-0.2, 0) is 21.6 Å².